The van der Waals surface area contributed by atoms with Crippen molar-refractivity contribution in [2.24, 2.45) is 0 Å². The van der Waals surface area contributed by atoms with Crippen LogP contribution in [0.2, 0.25) is 0 Å². The summed E-state index contributed by atoms with van der Waals surface area (Å²) in [5, 5.41) is 0. The molecule has 0 radical (unpaired) electrons. The van der Waals surface area contributed by atoms with Gasteiger partial charge in [0.25, 0.3) is 0 Å². The van der Waals surface area contributed by atoms with Crippen molar-refractivity contribution < 1.29 is 14.3 Å². The maximum Gasteiger partial charge on any atom is 0.346 e. The highest BCUT2D eigenvalue weighted by molar-refractivity contribution is 6.03. The van der Waals surface area contributed by atoms with E-state index in [-0.39, 0.29) is 0 Å². The topological polar surface area (TPSA) is 43.4 Å². The highest BCUT2D eigenvalue weighted by atomic mass is 16.6. The van der Waals surface area contributed by atoms with Crippen LogP contribution in [0.1, 0.15) is 43.0 Å². The molecule has 0 saturated heterocycles. The first-order valence-electron chi connectivity index (χ1n) is 6.79. The van der Waals surface area contributed by atoms with Crippen molar-refractivity contribution in [2.75, 3.05) is 0 Å². The second kappa shape index (κ2) is 5.92. The lowest BCUT2D eigenvalue weighted by atomic mass is 10.1. The van der Waals surface area contributed by atoms with Crippen molar-refractivity contribution in [3.63, 3.8) is 0 Å². The predicted molar refractivity (Wildman–Crippen MR) is 81.6 cm³/mol. The van der Waals surface area contributed by atoms with Crippen molar-refractivity contribution in [3.8, 4) is 0 Å². The van der Waals surface area contributed by atoms with Crippen LogP contribution < -0.4 is 0 Å². The lowest BCUT2D eigenvalue weighted by Crippen LogP contribution is -2.15. The minimum absolute atomic E-state index is 0.415. The zero-order valence-corrected chi connectivity index (χ0v) is 12.7. The second-order valence-electron chi connectivity index (χ2n) is 5.31. The Labute approximate surface area is 124 Å². The van der Waals surface area contributed by atoms with Gasteiger partial charge in [0, 0.05) is 0 Å². The fourth-order valence-corrected chi connectivity index (χ4v) is 2.28. The molecule has 0 amide bonds. The van der Waals surface area contributed by atoms with Gasteiger partial charge in [0.15, 0.2) is 0 Å². The molecule has 2 aromatic carbocycles. The largest absolute Gasteiger partial charge is 0.386 e. The van der Waals surface area contributed by atoms with E-state index in [4.69, 9.17) is 4.74 Å². The molecule has 0 aliphatic carbocycles. The smallest absolute Gasteiger partial charge is 0.346 e. The summed E-state index contributed by atoms with van der Waals surface area (Å²) < 4.78 is 4.99. The molecular formula is C18H18O3. The van der Waals surface area contributed by atoms with E-state index in [0.29, 0.717) is 11.1 Å². The molecule has 0 atom stereocenters. The fraction of sp³-hybridized carbons (Fsp3) is 0.222. The molecule has 3 heteroatoms. The van der Waals surface area contributed by atoms with Crippen LogP contribution in [0.4, 0.5) is 0 Å². The van der Waals surface area contributed by atoms with Crippen molar-refractivity contribution in [3.05, 3.63) is 69.8 Å². The minimum atomic E-state index is -0.613. The second-order valence-corrected chi connectivity index (χ2v) is 5.31. The molecule has 0 N–H and O–H groups in total. The number of rotatable bonds is 2. The fourth-order valence-electron chi connectivity index (χ4n) is 2.28. The molecule has 0 aliphatic heterocycles. The van der Waals surface area contributed by atoms with Crippen LogP contribution in [0.15, 0.2) is 36.4 Å². The Morgan fingerprint density at radius 2 is 1.10 bits per heavy atom. The van der Waals surface area contributed by atoms with Crippen LogP contribution in [0, 0.1) is 27.7 Å². The van der Waals surface area contributed by atoms with Gasteiger partial charge in [0.05, 0.1) is 11.1 Å². The number of carbonyl (C=O) groups excluding carboxylic acids is 2. The molecule has 0 aliphatic rings. The summed E-state index contributed by atoms with van der Waals surface area (Å²) in [7, 11) is 0. The highest BCUT2D eigenvalue weighted by Gasteiger charge is 2.18. The first-order valence-corrected chi connectivity index (χ1v) is 6.79. The van der Waals surface area contributed by atoms with E-state index in [0.717, 1.165) is 22.3 Å². The maximum atomic E-state index is 12.1. The molecule has 0 bridgehead atoms. The third-order valence-electron chi connectivity index (χ3n) is 3.39. The van der Waals surface area contributed by atoms with Gasteiger partial charge in [-0.3, -0.25) is 0 Å². The summed E-state index contributed by atoms with van der Waals surface area (Å²) in [5.74, 6) is -1.23. The molecule has 0 unspecified atom stereocenters. The molecule has 0 aromatic heterocycles. The normalized spacial score (nSPS) is 10.3. The third kappa shape index (κ3) is 3.37. The summed E-state index contributed by atoms with van der Waals surface area (Å²) in [6.45, 7) is 7.54. The van der Waals surface area contributed by atoms with Gasteiger partial charge in [-0.25, -0.2) is 9.59 Å². The van der Waals surface area contributed by atoms with Crippen LogP contribution in [0.25, 0.3) is 0 Å². The van der Waals surface area contributed by atoms with E-state index in [9.17, 15) is 9.59 Å². The number of carbonyl (C=O) groups is 2. The van der Waals surface area contributed by atoms with Gasteiger partial charge in [-0.2, -0.15) is 0 Å². The van der Waals surface area contributed by atoms with Crippen LogP contribution in [0.5, 0.6) is 0 Å². The zero-order chi connectivity index (χ0) is 15.6. The number of aryl methyl sites for hydroxylation is 4. The van der Waals surface area contributed by atoms with Gasteiger partial charge in [0.1, 0.15) is 0 Å². The molecule has 0 heterocycles. The van der Waals surface area contributed by atoms with E-state index in [2.05, 4.69) is 0 Å². The van der Waals surface area contributed by atoms with E-state index < -0.39 is 11.9 Å². The molecular weight excluding hydrogens is 264 g/mol. The molecule has 3 nitrogen and oxygen atoms in total. The van der Waals surface area contributed by atoms with Crippen LogP contribution in [-0.2, 0) is 4.74 Å². The SMILES string of the molecule is Cc1ccc(C(=O)OC(=O)c2ccc(C)cc2C)c(C)c1. The summed E-state index contributed by atoms with van der Waals surface area (Å²) in [5.41, 5.74) is 4.55. The Hall–Kier alpha value is -2.42. The molecule has 21 heavy (non-hydrogen) atoms. The Morgan fingerprint density at radius 1 is 0.714 bits per heavy atom. The van der Waals surface area contributed by atoms with Gasteiger partial charge in [0.2, 0.25) is 0 Å². The van der Waals surface area contributed by atoms with Gasteiger partial charge in [-0.05, 0) is 51.0 Å². The average Bonchev–Trinajstić information content (AvgIpc) is 2.37. The van der Waals surface area contributed by atoms with E-state index in [1.165, 1.54) is 0 Å². The standard InChI is InChI=1S/C18H18O3/c1-11-5-7-15(13(3)9-11)17(19)21-18(20)16-8-6-12(2)10-14(16)4/h5-10H,1-4H3. The van der Waals surface area contributed by atoms with Crippen molar-refractivity contribution >= 4 is 11.9 Å². The Bertz CT molecular complexity index is 653. The zero-order valence-electron chi connectivity index (χ0n) is 12.7. The first-order chi connectivity index (χ1) is 9.88. The Kier molecular flexibility index (Phi) is 4.22. The predicted octanol–water partition coefficient (Wildman–Crippen LogP) is 3.92. The van der Waals surface area contributed by atoms with Crippen molar-refractivity contribution in [2.45, 2.75) is 27.7 Å². The molecule has 2 rings (SSSR count). The summed E-state index contributed by atoms with van der Waals surface area (Å²) in [4.78, 5) is 24.2. The first kappa shape index (κ1) is 15.0. The van der Waals surface area contributed by atoms with Crippen LogP contribution in [-0.4, -0.2) is 11.9 Å². The minimum Gasteiger partial charge on any atom is -0.386 e. The Morgan fingerprint density at radius 3 is 1.43 bits per heavy atom. The van der Waals surface area contributed by atoms with Crippen molar-refractivity contribution in [1.82, 2.24) is 0 Å². The van der Waals surface area contributed by atoms with Crippen molar-refractivity contribution in [1.29, 1.82) is 0 Å². The summed E-state index contributed by atoms with van der Waals surface area (Å²) >= 11 is 0. The molecule has 2 aromatic rings. The number of benzene rings is 2. The molecule has 0 fully saturated rings. The van der Waals surface area contributed by atoms with Gasteiger partial charge < -0.3 is 4.74 Å². The van der Waals surface area contributed by atoms with Gasteiger partial charge in [-0.1, -0.05) is 35.4 Å². The van der Waals surface area contributed by atoms with E-state index in [1.54, 1.807) is 12.1 Å². The monoisotopic (exact) mass is 282 g/mol. The molecule has 0 spiro atoms. The Balaban J connectivity index is 2.21. The lowest BCUT2D eigenvalue weighted by molar-refractivity contribution is 0.0397. The van der Waals surface area contributed by atoms with Gasteiger partial charge >= 0.3 is 11.9 Å². The quantitative estimate of drug-likeness (QED) is 0.619. The number of hydrogen-bond donors (Lipinski definition) is 0. The number of hydrogen-bond acceptors (Lipinski definition) is 3. The summed E-state index contributed by atoms with van der Waals surface area (Å²) in [6.07, 6.45) is 0. The number of esters is 2. The lowest BCUT2D eigenvalue weighted by Gasteiger charge is -2.08. The van der Waals surface area contributed by atoms with Crippen LogP contribution >= 0.6 is 0 Å². The summed E-state index contributed by atoms with van der Waals surface area (Å²) in [6, 6.07) is 10.8. The van der Waals surface area contributed by atoms with Crippen LogP contribution in [0.3, 0.4) is 0 Å². The molecule has 108 valence electrons. The average molecular weight is 282 g/mol. The molecule has 0 saturated carbocycles. The third-order valence-corrected chi connectivity index (χ3v) is 3.39. The maximum absolute atomic E-state index is 12.1. The van der Waals surface area contributed by atoms with Gasteiger partial charge in [-0.15, -0.1) is 0 Å². The highest BCUT2D eigenvalue weighted by Crippen LogP contribution is 2.15. The van der Waals surface area contributed by atoms with E-state index >= 15 is 0 Å². The van der Waals surface area contributed by atoms with E-state index in [1.807, 2.05) is 52.0 Å². The number of ether oxygens (including phenoxy) is 1.